The normalized spacial score (nSPS) is 14.1. The van der Waals surface area contributed by atoms with Crippen LogP contribution in [0.4, 0.5) is 5.69 Å². The fourth-order valence-electron chi connectivity index (χ4n) is 3.82. The van der Waals surface area contributed by atoms with Crippen LogP contribution in [0.15, 0.2) is 63.8 Å². The molecule has 0 spiro atoms. The molecular weight excluding hydrogens is 414 g/mol. The SMILES string of the molecule is O=C(O)c1ccc2c(=O)n3c(nc2c1)/C(=C/c1ccc(-c2cccc([N+](=O)[O-])c2)o1)CC3. The summed E-state index contributed by atoms with van der Waals surface area (Å²) in [4.78, 5) is 39.2. The van der Waals surface area contributed by atoms with E-state index in [0.29, 0.717) is 46.8 Å². The standard InChI is InChI=1S/C23H15N3O6/c27-22-18-6-4-15(23(28)29)12-19(18)24-21-14(8-9-25(21)22)11-17-5-7-20(32-17)13-2-1-3-16(10-13)26(30)31/h1-7,10-12H,8-9H2,(H,28,29)/b14-11+. The summed E-state index contributed by atoms with van der Waals surface area (Å²) in [6.07, 6.45) is 2.34. The maximum atomic E-state index is 12.8. The summed E-state index contributed by atoms with van der Waals surface area (Å²) in [5.41, 5.74) is 1.50. The largest absolute Gasteiger partial charge is 0.478 e. The molecule has 0 saturated carbocycles. The van der Waals surface area contributed by atoms with Gasteiger partial charge in [-0.1, -0.05) is 12.1 Å². The minimum Gasteiger partial charge on any atom is -0.478 e. The van der Waals surface area contributed by atoms with E-state index in [0.717, 1.165) is 5.57 Å². The summed E-state index contributed by atoms with van der Waals surface area (Å²) in [5, 5.41) is 20.6. The summed E-state index contributed by atoms with van der Waals surface area (Å²) in [6, 6.07) is 13.9. The predicted molar refractivity (Wildman–Crippen MR) is 116 cm³/mol. The predicted octanol–water partition coefficient (Wildman–Crippen LogP) is 4.21. The van der Waals surface area contributed by atoms with E-state index in [1.165, 1.54) is 30.3 Å². The number of fused-ring (bicyclic) bond motifs is 2. The van der Waals surface area contributed by atoms with Crippen LogP contribution in [0.2, 0.25) is 0 Å². The first kappa shape index (κ1) is 19.4. The van der Waals surface area contributed by atoms with Crippen LogP contribution in [0.3, 0.4) is 0 Å². The van der Waals surface area contributed by atoms with Crippen LogP contribution >= 0.6 is 0 Å². The molecule has 4 aromatic rings. The van der Waals surface area contributed by atoms with Crippen molar-refractivity contribution in [2.24, 2.45) is 0 Å². The number of carboxylic acids is 1. The van der Waals surface area contributed by atoms with Gasteiger partial charge in [0.2, 0.25) is 0 Å². The van der Waals surface area contributed by atoms with Gasteiger partial charge in [0.15, 0.2) is 0 Å². The second kappa shape index (κ2) is 7.31. The smallest absolute Gasteiger partial charge is 0.335 e. The maximum Gasteiger partial charge on any atom is 0.335 e. The number of rotatable bonds is 4. The lowest BCUT2D eigenvalue weighted by Gasteiger charge is -2.06. The molecular formula is C23H15N3O6. The lowest BCUT2D eigenvalue weighted by Crippen LogP contribution is -2.20. The first-order chi connectivity index (χ1) is 15.4. The van der Waals surface area contributed by atoms with E-state index in [2.05, 4.69) is 4.98 Å². The van der Waals surface area contributed by atoms with Gasteiger partial charge in [-0.15, -0.1) is 0 Å². The molecule has 0 radical (unpaired) electrons. The van der Waals surface area contributed by atoms with Crippen LogP contribution < -0.4 is 5.56 Å². The Kier molecular flexibility index (Phi) is 4.44. The molecule has 0 saturated heterocycles. The number of hydrogen-bond acceptors (Lipinski definition) is 6. The van der Waals surface area contributed by atoms with E-state index in [4.69, 9.17) is 4.42 Å². The van der Waals surface area contributed by atoms with Gasteiger partial charge in [-0.2, -0.15) is 0 Å². The lowest BCUT2D eigenvalue weighted by molar-refractivity contribution is -0.384. The summed E-state index contributed by atoms with van der Waals surface area (Å²) in [6.45, 7) is 0.460. The Morgan fingerprint density at radius 1 is 1.19 bits per heavy atom. The minimum absolute atomic E-state index is 0.0280. The van der Waals surface area contributed by atoms with Gasteiger partial charge >= 0.3 is 5.97 Å². The minimum atomic E-state index is -1.09. The number of nitrogens with zero attached hydrogens (tertiary/aromatic N) is 3. The molecule has 0 bridgehead atoms. The number of hydrogen-bond donors (Lipinski definition) is 1. The molecule has 1 N–H and O–H groups in total. The monoisotopic (exact) mass is 429 g/mol. The van der Waals surface area contributed by atoms with Crippen molar-refractivity contribution >= 4 is 34.2 Å². The Bertz CT molecular complexity index is 1510. The van der Waals surface area contributed by atoms with E-state index < -0.39 is 10.9 Å². The van der Waals surface area contributed by atoms with Gasteiger partial charge in [0, 0.05) is 29.8 Å². The lowest BCUT2D eigenvalue weighted by atomic mass is 10.1. The Labute approximate surface area is 180 Å². The molecule has 2 aromatic heterocycles. The van der Waals surface area contributed by atoms with Crippen LogP contribution in [0.5, 0.6) is 0 Å². The summed E-state index contributed by atoms with van der Waals surface area (Å²) >= 11 is 0. The van der Waals surface area contributed by atoms with Crippen molar-refractivity contribution in [3.63, 3.8) is 0 Å². The second-order valence-electron chi connectivity index (χ2n) is 7.36. The third-order valence-electron chi connectivity index (χ3n) is 5.38. The van der Waals surface area contributed by atoms with Gasteiger partial charge in [0.05, 0.1) is 21.4 Å². The Morgan fingerprint density at radius 2 is 2.03 bits per heavy atom. The molecule has 158 valence electrons. The van der Waals surface area contributed by atoms with Crippen molar-refractivity contribution in [3.8, 4) is 11.3 Å². The fraction of sp³-hybridized carbons (Fsp3) is 0.0870. The molecule has 1 aliphatic heterocycles. The zero-order valence-corrected chi connectivity index (χ0v) is 16.5. The molecule has 1 aliphatic rings. The highest BCUT2D eigenvalue weighted by Crippen LogP contribution is 2.31. The summed E-state index contributed by atoms with van der Waals surface area (Å²) in [5.74, 6) is 0.379. The number of aromatic nitrogens is 2. The quantitative estimate of drug-likeness (QED) is 0.380. The molecule has 0 aliphatic carbocycles. The van der Waals surface area contributed by atoms with E-state index >= 15 is 0 Å². The van der Waals surface area contributed by atoms with Crippen LogP contribution in [0.25, 0.3) is 33.9 Å². The fourth-order valence-corrected chi connectivity index (χ4v) is 3.82. The highest BCUT2D eigenvalue weighted by molar-refractivity contribution is 5.93. The van der Waals surface area contributed by atoms with Crippen molar-refractivity contribution < 1.29 is 19.2 Å². The van der Waals surface area contributed by atoms with E-state index in [-0.39, 0.29) is 16.8 Å². The molecule has 0 amide bonds. The van der Waals surface area contributed by atoms with Crippen LogP contribution in [0.1, 0.15) is 28.4 Å². The zero-order chi connectivity index (χ0) is 22.4. The molecule has 0 atom stereocenters. The van der Waals surface area contributed by atoms with E-state index in [1.54, 1.807) is 34.9 Å². The van der Waals surface area contributed by atoms with Crippen molar-refractivity contribution in [1.29, 1.82) is 0 Å². The molecule has 0 fully saturated rings. The molecule has 3 heterocycles. The van der Waals surface area contributed by atoms with Gasteiger partial charge < -0.3 is 9.52 Å². The number of non-ortho nitro benzene ring substituents is 1. The van der Waals surface area contributed by atoms with Crippen molar-refractivity contribution in [2.75, 3.05) is 0 Å². The number of aromatic carboxylic acids is 1. The first-order valence-corrected chi connectivity index (χ1v) is 9.74. The number of nitro benzene ring substituents is 1. The number of carbonyl (C=O) groups is 1. The number of benzene rings is 2. The van der Waals surface area contributed by atoms with Crippen LogP contribution in [-0.4, -0.2) is 25.6 Å². The zero-order valence-electron chi connectivity index (χ0n) is 16.5. The molecule has 2 aromatic carbocycles. The molecule has 0 unspecified atom stereocenters. The van der Waals surface area contributed by atoms with Crippen molar-refractivity contribution in [3.05, 3.63) is 92.2 Å². The summed E-state index contributed by atoms with van der Waals surface area (Å²) in [7, 11) is 0. The third kappa shape index (κ3) is 3.25. The maximum absolute atomic E-state index is 12.8. The summed E-state index contributed by atoms with van der Waals surface area (Å²) < 4.78 is 7.43. The van der Waals surface area contributed by atoms with Gasteiger partial charge in [0.25, 0.3) is 11.2 Å². The van der Waals surface area contributed by atoms with E-state index in [9.17, 15) is 24.8 Å². The number of allylic oxidation sites excluding steroid dienone is 1. The molecule has 9 nitrogen and oxygen atoms in total. The Balaban J connectivity index is 1.54. The second-order valence-corrected chi connectivity index (χ2v) is 7.36. The third-order valence-corrected chi connectivity index (χ3v) is 5.38. The van der Waals surface area contributed by atoms with Crippen molar-refractivity contribution in [1.82, 2.24) is 9.55 Å². The molecule has 32 heavy (non-hydrogen) atoms. The average molecular weight is 429 g/mol. The highest BCUT2D eigenvalue weighted by Gasteiger charge is 2.22. The topological polar surface area (TPSA) is 128 Å². The van der Waals surface area contributed by atoms with Gasteiger partial charge in [-0.3, -0.25) is 19.5 Å². The number of carboxylic acid groups (broad SMARTS) is 1. The Morgan fingerprint density at radius 3 is 2.81 bits per heavy atom. The van der Waals surface area contributed by atoms with E-state index in [1.807, 2.05) is 0 Å². The number of nitro groups is 1. The van der Waals surface area contributed by atoms with Gasteiger partial charge in [0.1, 0.15) is 17.3 Å². The highest BCUT2D eigenvalue weighted by atomic mass is 16.6. The molecule has 9 heteroatoms. The first-order valence-electron chi connectivity index (χ1n) is 9.74. The number of furan rings is 1. The van der Waals surface area contributed by atoms with Gasteiger partial charge in [-0.25, -0.2) is 9.78 Å². The van der Waals surface area contributed by atoms with Crippen LogP contribution in [-0.2, 0) is 6.54 Å². The van der Waals surface area contributed by atoms with Crippen LogP contribution in [0, 0.1) is 10.1 Å². The van der Waals surface area contributed by atoms with Crippen molar-refractivity contribution in [2.45, 2.75) is 13.0 Å². The Hall–Kier alpha value is -4.53. The van der Waals surface area contributed by atoms with Gasteiger partial charge in [-0.05, 0) is 42.8 Å². The average Bonchev–Trinajstić information content (AvgIpc) is 3.41. The molecule has 5 rings (SSSR count).